The van der Waals surface area contributed by atoms with E-state index in [1.807, 2.05) is 45.9 Å². The highest BCUT2D eigenvalue weighted by Crippen LogP contribution is 2.37. The molecule has 0 radical (unpaired) electrons. The second-order valence-corrected chi connectivity index (χ2v) is 8.30. The first-order valence-electron chi connectivity index (χ1n) is 11.1. The molecule has 0 bridgehead atoms. The van der Waals surface area contributed by atoms with Crippen LogP contribution < -0.4 is 20.7 Å². The maximum Gasteiger partial charge on any atom is 0.330 e. The molecule has 0 aliphatic carbocycles. The predicted molar refractivity (Wildman–Crippen MR) is 127 cm³/mol. The summed E-state index contributed by atoms with van der Waals surface area (Å²) in [6.45, 7) is 8.98. The van der Waals surface area contributed by atoms with Gasteiger partial charge < -0.3 is 14.3 Å². The number of nitrogens with zero attached hydrogens (tertiary/aromatic N) is 3. The molecule has 33 heavy (non-hydrogen) atoms. The number of benzene rings is 2. The topological polar surface area (TPSA) is 74.8 Å². The highest BCUT2D eigenvalue weighted by Gasteiger charge is 2.22. The molecule has 4 rings (SSSR count). The van der Waals surface area contributed by atoms with E-state index in [1.165, 1.54) is 4.57 Å². The van der Waals surface area contributed by atoms with Crippen molar-refractivity contribution in [2.75, 3.05) is 13.7 Å². The van der Waals surface area contributed by atoms with Gasteiger partial charge in [-0.05, 0) is 62.9 Å². The Morgan fingerprint density at radius 3 is 2.42 bits per heavy atom. The number of hydrogen-bond donors (Lipinski definition) is 0. The monoisotopic (exact) mass is 447 g/mol. The number of carbonyl (C=O) groups is 1. The normalized spacial score (nSPS) is 12.8. The summed E-state index contributed by atoms with van der Waals surface area (Å²) in [4.78, 5) is 29.7. The van der Waals surface area contributed by atoms with Crippen LogP contribution in [0, 0.1) is 20.8 Å². The first kappa shape index (κ1) is 22.6. The highest BCUT2D eigenvalue weighted by molar-refractivity contribution is 5.70. The van der Waals surface area contributed by atoms with Gasteiger partial charge in [0.2, 0.25) is 0 Å². The summed E-state index contributed by atoms with van der Waals surface area (Å²) in [5.41, 5.74) is 6.95. The van der Waals surface area contributed by atoms with Crippen molar-refractivity contribution in [3.05, 3.63) is 68.6 Å². The van der Waals surface area contributed by atoms with Crippen LogP contribution in [0.25, 0.3) is 11.3 Å². The summed E-state index contributed by atoms with van der Waals surface area (Å²) in [5.74, 6) is 1.31. The fourth-order valence-corrected chi connectivity index (χ4v) is 4.57. The molecule has 0 spiro atoms. The second kappa shape index (κ2) is 9.10. The van der Waals surface area contributed by atoms with E-state index in [-0.39, 0.29) is 12.2 Å². The first-order chi connectivity index (χ1) is 15.9. The lowest BCUT2D eigenvalue weighted by atomic mass is 9.97. The zero-order chi connectivity index (χ0) is 23.7. The number of methoxy groups -OCH3 is 1. The molecular formula is C26H29N3O4. The Morgan fingerprint density at radius 1 is 1.06 bits per heavy atom. The molecular weight excluding hydrogens is 418 g/mol. The number of aldehydes is 1. The van der Waals surface area contributed by atoms with E-state index < -0.39 is 0 Å². The van der Waals surface area contributed by atoms with Crippen molar-refractivity contribution in [3.8, 4) is 22.8 Å². The lowest BCUT2D eigenvalue weighted by Crippen LogP contribution is -2.42. The molecule has 0 atom stereocenters. The third-order valence-corrected chi connectivity index (χ3v) is 5.98. The maximum atomic E-state index is 13.4. The van der Waals surface area contributed by atoms with Crippen LogP contribution in [0.2, 0.25) is 0 Å². The van der Waals surface area contributed by atoms with Crippen molar-refractivity contribution >= 4 is 12.0 Å². The van der Waals surface area contributed by atoms with Gasteiger partial charge >= 0.3 is 5.69 Å². The predicted octanol–water partition coefficient (Wildman–Crippen LogP) is 3.64. The van der Waals surface area contributed by atoms with Gasteiger partial charge in [-0.25, -0.2) is 9.79 Å². The molecule has 1 aliphatic rings. The molecule has 1 aromatic heterocycles. The Kier molecular flexibility index (Phi) is 6.22. The molecule has 0 amide bonds. The minimum atomic E-state index is -0.251. The van der Waals surface area contributed by atoms with Crippen LogP contribution in [0.5, 0.6) is 11.5 Å². The summed E-state index contributed by atoms with van der Waals surface area (Å²) in [6.07, 6.45) is 1.41. The summed E-state index contributed by atoms with van der Waals surface area (Å²) < 4.78 is 14.4. The van der Waals surface area contributed by atoms with Crippen molar-refractivity contribution in [2.45, 2.75) is 47.2 Å². The molecule has 0 saturated carbocycles. The number of ether oxygens (including phenoxy) is 2. The molecule has 2 aromatic carbocycles. The number of aryl methyl sites for hydroxylation is 4. The van der Waals surface area contributed by atoms with Gasteiger partial charge in [-0.15, -0.1) is 0 Å². The average Bonchev–Trinajstić information content (AvgIpc) is 2.78. The summed E-state index contributed by atoms with van der Waals surface area (Å²) in [6, 6.07) is 9.93. The van der Waals surface area contributed by atoms with Crippen LogP contribution in [0.3, 0.4) is 0 Å². The van der Waals surface area contributed by atoms with Gasteiger partial charge in [0.15, 0.2) is 11.5 Å². The van der Waals surface area contributed by atoms with Crippen molar-refractivity contribution in [2.24, 2.45) is 4.99 Å². The minimum Gasteiger partial charge on any atom is -0.493 e. The molecule has 2 heterocycles. The fourth-order valence-electron chi connectivity index (χ4n) is 4.57. The summed E-state index contributed by atoms with van der Waals surface area (Å²) >= 11 is 0. The number of hydrogen-bond acceptors (Lipinski definition) is 5. The number of rotatable bonds is 6. The molecule has 0 N–H and O–H groups in total. The van der Waals surface area contributed by atoms with Crippen LogP contribution in [0.1, 0.15) is 29.2 Å². The van der Waals surface area contributed by atoms with Gasteiger partial charge in [-0.3, -0.25) is 9.13 Å². The van der Waals surface area contributed by atoms with Crippen LogP contribution in [0.4, 0.5) is 5.69 Å². The fraction of sp³-hybridized carbons (Fsp3) is 0.346. The van der Waals surface area contributed by atoms with Gasteiger partial charge in [0.1, 0.15) is 11.8 Å². The number of aromatic nitrogens is 2. The third kappa shape index (κ3) is 4.11. The van der Waals surface area contributed by atoms with Crippen LogP contribution in [-0.4, -0.2) is 29.1 Å². The van der Waals surface area contributed by atoms with Crippen LogP contribution >= 0.6 is 0 Å². The van der Waals surface area contributed by atoms with Crippen molar-refractivity contribution in [1.82, 2.24) is 9.13 Å². The summed E-state index contributed by atoms with van der Waals surface area (Å²) in [7, 11) is 1.60. The van der Waals surface area contributed by atoms with E-state index in [4.69, 9.17) is 14.5 Å². The second-order valence-electron chi connectivity index (χ2n) is 8.30. The Hall–Kier alpha value is -3.61. The third-order valence-electron chi connectivity index (χ3n) is 5.98. The maximum absolute atomic E-state index is 13.4. The van der Waals surface area contributed by atoms with Gasteiger partial charge in [-0.1, -0.05) is 17.7 Å². The molecule has 7 heteroatoms. The average molecular weight is 448 g/mol. The van der Waals surface area contributed by atoms with Crippen molar-refractivity contribution < 1.29 is 14.3 Å². The molecule has 1 aliphatic heterocycles. The Bertz CT molecular complexity index is 1340. The van der Waals surface area contributed by atoms with Crippen molar-refractivity contribution in [1.29, 1.82) is 0 Å². The molecule has 172 valence electrons. The standard InChI is InChI=1S/C26H29N3O4/c1-6-33-23-13-19-7-8-28-21(20(19)14-22(23)32-5)15-24(29(9-10-30)26(28)31)27-25-17(3)11-16(2)12-18(25)4/h10-15H,6-9H2,1-5H3. The van der Waals surface area contributed by atoms with Crippen molar-refractivity contribution in [3.63, 3.8) is 0 Å². The van der Waals surface area contributed by atoms with Gasteiger partial charge in [-0.2, -0.15) is 0 Å². The molecule has 7 nitrogen and oxygen atoms in total. The number of fused-ring (bicyclic) bond motifs is 3. The SMILES string of the molecule is CCOc1cc2c(cc1OC)-c1cc(=Nc3c(C)cc(C)cc3C)n(CC=O)c(=O)n1CC2. The van der Waals surface area contributed by atoms with Gasteiger partial charge in [0.25, 0.3) is 0 Å². The minimum absolute atomic E-state index is 0.0542. The van der Waals surface area contributed by atoms with Gasteiger partial charge in [0, 0.05) is 18.2 Å². The van der Waals surface area contributed by atoms with E-state index in [9.17, 15) is 9.59 Å². The van der Waals surface area contributed by atoms with E-state index >= 15 is 0 Å². The lowest BCUT2D eigenvalue weighted by molar-refractivity contribution is -0.108. The quantitative estimate of drug-likeness (QED) is 0.541. The summed E-state index contributed by atoms with van der Waals surface area (Å²) in [5, 5.41) is 0. The van der Waals surface area contributed by atoms with E-state index in [2.05, 4.69) is 12.1 Å². The van der Waals surface area contributed by atoms with E-state index in [0.29, 0.717) is 36.6 Å². The highest BCUT2D eigenvalue weighted by atomic mass is 16.5. The molecule has 0 unspecified atom stereocenters. The zero-order valence-electron chi connectivity index (χ0n) is 19.8. The Balaban J connectivity index is 2.01. The largest absolute Gasteiger partial charge is 0.493 e. The zero-order valence-corrected chi connectivity index (χ0v) is 19.8. The number of carbonyl (C=O) groups excluding carboxylic acids is 1. The Labute approximate surface area is 192 Å². The van der Waals surface area contributed by atoms with Gasteiger partial charge in [0.05, 0.1) is 31.6 Å². The Morgan fingerprint density at radius 2 is 1.79 bits per heavy atom. The smallest absolute Gasteiger partial charge is 0.330 e. The molecule has 3 aromatic rings. The van der Waals surface area contributed by atoms with Crippen LogP contribution in [0.15, 0.2) is 40.1 Å². The van der Waals surface area contributed by atoms with E-state index in [0.717, 1.165) is 45.5 Å². The van der Waals surface area contributed by atoms with Crippen LogP contribution in [-0.2, 0) is 24.3 Å². The van der Waals surface area contributed by atoms with E-state index in [1.54, 1.807) is 11.7 Å². The molecule has 0 saturated heterocycles. The lowest BCUT2D eigenvalue weighted by Gasteiger charge is -2.24. The first-order valence-corrected chi connectivity index (χ1v) is 11.1. The molecule has 0 fully saturated rings.